The molecule has 0 aromatic rings. The SMILES string of the molecule is CC(C)CN1CCOC(CNC(=O)CN2CCC(C(=O)N3CCCC3)CC2)C1. The maximum Gasteiger partial charge on any atom is 0.234 e. The Balaban J connectivity index is 1.32. The van der Waals surface area contributed by atoms with Crippen molar-refractivity contribution >= 4 is 11.8 Å². The Morgan fingerprint density at radius 2 is 1.75 bits per heavy atom. The summed E-state index contributed by atoms with van der Waals surface area (Å²) in [6.07, 6.45) is 4.12. The van der Waals surface area contributed by atoms with E-state index < -0.39 is 0 Å². The molecule has 3 aliphatic rings. The maximum atomic E-state index is 12.5. The van der Waals surface area contributed by atoms with E-state index in [4.69, 9.17) is 4.74 Å². The van der Waals surface area contributed by atoms with Crippen molar-refractivity contribution in [2.24, 2.45) is 11.8 Å². The molecular formula is C21H38N4O3. The highest BCUT2D eigenvalue weighted by molar-refractivity contribution is 5.79. The number of piperidine rings is 1. The summed E-state index contributed by atoms with van der Waals surface area (Å²) in [5, 5.41) is 3.04. The molecule has 0 spiro atoms. The first-order chi connectivity index (χ1) is 13.5. The Labute approximate surface area is 169 Å². The molecule has 1 N–H and O–H groups in total. The van der Waals surface area contributed by atoms with Gasteiger partial charge in [0.15, 0.2) is 0 Å². The number of carbonyl (C=O) groups is 2. The fraction of sp³-hybridized carbons (Fsp3) is 0.905. The van der Waals surface area contributed by atoms with Crippen LogP contribution >= 0.6 is 0 Å². The number of ether oxygens (including phenoxy) is 1. The summed E-state index contributed by atoms with van der Waals surface area (Å²) in [7, 11) is 0. The number of carbonyl (C=O) groups excluding carboxylic acids is 2. The quantitative estimate of drug-likeness (QED) is 0.692. The molecule has 0 aromatic heterocycles. The number of nitrogens with zero attached hydrogens (tertiary/aromatic N) is 3. The Hall–Kier alpha value is -1.18. The molecule has 3 aliphatic heterocycles. The first-order valence-electron chi connectivity index (χ1n) is 11.1. The van der Waals surface area contributed by atoms with E-state index in [9.17, 15) is 9.59 Å². The van der Waals surface area contributed by atoms with E-state index in [1.807, 2.05) is 4.90 Å². The van der Waals surface area contributed by atoms with Crippen LogP contribution in [0.2, 0.25) is 0 Å². The van der Waals surface area contributed by atoms with Gasteiger partial charge in [0.2, 0.25) is 11.8 Å². The molecule has 28 heavy (non-hydrogen) atoms. The monoisotopic (exact) mass is 394 g/mol. The second-order valence-electron chi connectivity index (χ2n) is 9.03. The van der Waals surface area contributed by atoms with E-state index in [0.717, 1.165) is 78.1 Å². The molecule has 2 amide bonds. The highest BCUT2D eigenvalue weighted by Gasteiger charge is 2.30. The Kier molecular flexibility index (Phi) is 8.11. The molecule has 7 nitrogen and oxygen atoms in total. The van der Waals surface area contributed by atoms with Crippen molar-refractivity contribution in [3.05, 3.63) is 0 Å². The van der Waals surface area contributed by atoms with Crippen LogP contribution < -0.4 is 5.32 Å². The minimum Gasteiger partial charge on any atom is -0.374 e. The van der Waals surface area contributed by atoms with Crippen molar-refractivity contribution in [2.45, 2.75) is 45.6 Å². The normalized spacial score (nSPS) is 25.4. The summed E-state index contributed by atoms with van der Waals surface area (Å²) in [5.41, 5.74) is 0. The Morgan fingerprint density at radius 1 is 1.04 bits per heavy atom. The van der Waals surface area contributed by atoms with E-state index in [2.05, 4.69) is 29.0 Å². The molecule has 3 saturated heterocycles. The molecule has 3 fully saturated rings. The Morgan fingerprint density at radius 3 is 2.43 bits per heavy atom. The van der Waals surface area contributed by atoms with Gasteiger partial charge in [-0.25, -0.2) is 0 Å². The van der Waals surface area contributed by atoms with Crippen molar-refractivity contribution in [3.8, 4) is 0 Å². The maximum absolute atomic E-state index is 12.5. The van der Waals surface area contributed by atoms with Gasteiger partial charge >= 0.3 is 0 Å². The zero-order valence-electron chi connectivity index (χ0n) is 17.7. The van der Waals surface area contributed by atoms with Crippen molar-refractivity contribution in [1.29, 1.82) is 0 Å². The topological polar surface area (TPSA) is 65.1 Å². The fourth-order valence-electron chi connectivity index (χ4n) is 4.61. The lowest BCUT2D eigenvalue weighted by Crippen LogP contribution is -2.50. The van der Waals surface area contributed by atoms with Crippen molar-refractivity contribution < 1.29 is 14.3 Å². The standard InChI is InChI=1S/C21H38N4O3/c1-17(2)14-24-11-12-28-19(15-24)13-22-20(26)16-23-9-5-18(6-10-23)21(27)25-7-3-4-8-25/h17-19H,3-16H2,1-2H3,(H,22,26). The van der Waals surface area contributed by atoms with Gasteiger partial charge in [0.05, 0.1) is 19.3 Å². The van der Waals surface area contributed by atoms with Gasteiger partial charge in [0.25, 0.3) is 0 Å². The number of hydrogen-bond donors (Lipinski definition) is 1. The number of amides is 2. The van der Waals surface area contributed by atoms with Crippen LogP contribution in [0.4, 0.5) is 0 Å². The summed E-state index contributed by atoms with van der Waals surface area (Å²) in [6.45, 7) is 12.7. The van der Waals surface area contributed by atoms with Crippen LogP contribution in [0.1, 0.15) is 39.5 Å². The van der Waals surface area contributed by atoms with Crippen LogP contribution in [-0.2, 0) is 14.3 Å². The number of rotatable bonds is 7. The van der Waals surface area contributed by atoms with Crippen molar-refractivity contribution in [1.82, 2.24) is 20.0 Å². The molecule has 0 aliphatic carbocycles. The van der Waals surface area contributed by atoms with Crippen LogP contribution in [0.15, 0.2) is 0 Å². The van der Waals surface area contributed by atoms with E-state index in [0.29, 0.717) is 24.9 Å². The molecule has 160 valence electrons. The lowest BCUT2D eigenvalue weighted by Gasteiger charge is -2.34. The first-order valence-corrected chi connectivity index (χ1v) is 11.1. The molecule has 1 atom stereocenters. The summed E-state index contributed by atoms with van der Waals surface area (Å²) >= 11 is 0. The van der Waals surface area contributed by atoms with E-state index in [1.54, 1.807) is 0 Å². The van der Waals surface area contributed by atoms with Crippen LogP contribution in [0.3, 0.4) is 0 Å². The molecular weight excluding hydrogens is 356 g/mol. The average Bonchev–Trinajstić information content (AvgIpc) is 3.21. The molecule has 7 heteroatoms. The van der Waals surface area contributed by atoms with E-state index in [1.165, 1.54) is 0 Å². The third-order valence-electron chi connectivity index (χ3n) is 6.09. The highest BCUT2D eigenvalue weighted by atomic mass is 16.5. The molecule has 3 heterocycles. The van der Waals surface area contributed by atoms with Crippen LogP contribution in [0, 0.1) is 11.8 Å². The second-order valence-corrected chi connectivity index (χ2v) is 9.03. The fourth-order valence-corrected chi connectivity index (χ4v) is 4.61. The van der Waals surface area contributed by atoms with E-state index >= 15 is 0 Å². The lowest BCUT2D eigenvalue weighted by atomic mass is 9.95. The van der Waals surface area contributed by atoms with Crippen LogP contribution in [0.25, 0.3) is 0 Å². The summed E-state index contributed by atoms with van der Waals surface area (Å²) in [6, 6.07) is 0. The summed E-state index contributed by atoms with van der Waals surface area (Å²) in [4.78, 5) is 31.5. The van der Waals surface area contributed by atoms with Crippen molar-refractivity contribution in [2.75, 3.05) is 65.5 Å². The van der Waals surface area contributed by atoms with Crippen LogP contribution in [-0.4, -0.2) is 98.1 Å². The predicted molar refractivity (Wildman–Crippen MR) is 109 cm³/mol. The number of hydrogen-bond acceptors (Lipinski definition) is 5. The summed E-state index contributed by atoms with van der Waals surface area (Å²) in [5.74, 6) is 1.20. The largest absolute Gasteiger partial charge is 0.374 e. The van der Waals surface area contributed by atoms with Gasteiger partial charge in [0, 0.05) is 45.2 Å². The lowest BCUT2D eigenvalue weighted by molar-refractivity contribution is -0.136. The summed E-state index contributed by atoms with van der Waals surface area (Å²) < 4.78 is 5.81. The number of nitrogens with one attached hydrogen (secondary N) is 1. The zero-order chi connectivity index (χ0) is 19.9. The van der Waals surface area contributed by atoms with Gasteiger partial charge in [-0.05, 0) is 44.7 Å². The number of likely N-dealkylation sites (tertiary alicyclic amines) is 2. The van der Waals surface area contributed by atoms with Crippen LogP contribution in [0.5, 0.6) is 0 Å². The minimum absolute atomic E-state index is 0.0638. The van der Waals surface area contributed by atoms with Gasteiger partial charge in [-0.15, -0.1) is 0 Å². The van der Waals surface area contributed by atoms with E-state index in [-0.39, 0.29) is 17.9 Å². The molecule has 0 aromatic carbocycles. The first kappa shape index (κ1) is 21.5. The Bertz CT molecular complexity index is 514. The average molecular weight is 395 g/mol. The third kappa shape index (κ3) is 6.42. The molecule has 1 unspecified atom stereocenters. The van der Waals surface area contributed by atoms with Gasteiger partial charge < -0.3 is 15.0 Å². The molecule has 0 radical (unpaired) electrons. The van der Waals surface area contributed by atoms with Gasteiger partial charge in [-0.1, -0.05) is 13.8 Å². The molecule has 0 saturated carbocycles. The second kappa shape index (κ2) is 10.6. The van der Waals surface area contributed by atoms with Gasteiger partial charge in [0.1, 0.15) is 0 Å². The predicted octanol–water partition coefficient (Wildman–Crippen LogP) is 0.794. The zero-order valence-corrected chi connectivity index (χ0v) is 17.7. The van der Waals surface area contributed by atoms with Gasteiger partial charge in [-0.3, -0.25) is 19.4 Å². The third-order valence-corrected chi connectivity index (χ3v) is 6.09. The molecule has 0 bridgehead atoms. The smallest absolute Gasteiger partial charge is 0.234 e. The minimum atomic E-state index is 0.0638. The molecule has 3 rings (SSSR count). The highest BCUT2D eigenvalue weighted by Crippen LogP contribution is 2.21. The van der Waals surface area contributed by atoms with Gasteiger partial charge in [-0.2, -0.15) is 0 Å². The van der Waals surface area contributed by atoms with Crippen molar-refractivity contribution in [3.63, 3.8) is 0 Å². The number of morpholine rings is 1.